The molecule has 148 valence electrons. The van der Waals surface area contributed by atoms with Gasteiger partial charge in [-0.1, -0.05) is 60.7 Å². The maximum Gasteiger partial charge on any atom is 0.408 e. The molecule has 2 amide bonds. The van der Waals surface area contributed by atoms with E-state index in [0.29, 0.717) is 13.0 Å². The predicted octanol–water partition coefficient (Wildman–Crippen LogP) is 2.82. The molecule has 1 aliphatic rings. The van der Waals surface area contributed by atoms with Crippen molar-refractivity contribution in [2.45, 2.75) is 38.0 Å². The third-order valence-corrected chi connectivity index (χ3v) is 4.63. The van der Waals surface area contributed by atoms with Crippen LogP contribution < -0.4 is 10.6 Å². The fourth-order valence-corrected chi connectivity index (χ4v) is 3.11. The number of nitrogens with one attached hydrogen (secondary N) is 2. The summed E-state index contributed by atoms with van der Waals surface area (Å²) in [6, 6.07) is 18.3. The predicted molar refractivity (Wildman–Crippen MR) is 106 cm³/mol. The molecule has 0 radical (unpaired) electrons. The molecule has 28 heavy (non-hydrogen) atoms. The summed E-state index contributed by atoms with van der Waals surface area (Å²) < 4.78 is 10.8. The second-order valence-electron chi connectivity index (χ2n) is 6.83. The first-order chi connectivity index (χ1) is 13.7. The lowest BCUT2D eigenvalue weighted by atomic mass is 10.1. The molecule has 0 aliphatic carbocycles. The van der Waals surface area contributed by atoms with Gasteiger partial charge < -0.3 is 20.1 Å². The molecule has 0 bridgehead atoms. The summed E-state index contributed by atoms with van der Waals surface area (Å²) in [6.45, 7) is 1.34. The molecular formula is C22H26N2O4. The van der Waals surface area contributed by atoms with Gasteiger partial charge in [0.25, 0.3) is 0 Å². The van der Waals surface area contributed by atoms with Crippen molar-refractivity contribution in [2.24, 2.45) is 0 Å². The lowest BCUT2D eigenvalue weighted by Gasteiger charge is -2.20. The Balaban J connectivity index is 1.56. The Labute approximate surface area is 165 Å². The quantitative estimate of drug-likeness (QED) is 0.736. The molecule has 2 aromatic rings. The topological polar surface area (TPSA) is 76.7 Å². The van der Waals surface area contributed by atoms with Crippen LogP contribution in [0.1, 0.15) is 24.0 Å². The average molecular weight is 382 g/mol. The van der Waals surface area contributed by atoms with Crippen LogP contribution in [0.4, 0.5) is 4.79 Å². The average Bonchev–Trinajstić information content (AvgIpc) is 3.25. The summed E-state index contributed by atoms with van der Waals surface area (Å²) in [5.41, 5.74) is 1.85. The Morgan fingerprint density at radius 2 is 1.71 bits per heavy atom. The molecule has 6 nitrogen and oxygen atoms in total. The lowest BCUT2D eigenvalue weighted by molar-refractivity contribution is -0.123. The minimum absolute atomic E-state index is 0.0476. The van der Waals surface area contributed by atoms with Crippen molar-refractivity contribution in [3.05, 3.63) is 71.8 Å². The number of ether oxygens (including phenoxy) is 2. The number of hydrogen-bond acceptors (Lipinski definition) is 4. The van der Waals surface area contributed by atoms with E-state index in [2.05, 4.69) is 10.6 Å². The molecule has 0 spiro atoms. The standard InChI is InChI=1S/C22H26N2O4/c25-21(23-15-19-12-7-13-27-19)20(14-17-8-3-1-4-9-17)24-22(26)28-16-18-10-5-2-6-11-18/h1-6,8-11,19-20H,7,12-16H2,(H,23,25)(H,24,26). The van der Waals surface area contributed by atoms with E-state index in [1.165, 1.54) is 0 Å². The largest absolute Gasteiger partial charge is 0.445 e. The van der Waals surface area contributed by atoms with Crippen LogP contribution in [0, 0.1) is 0 Å². The molecule has 2 N–H and O–H groups in total. The number of amides is 2. The van der Waals surface area contributed by atoms with Crippen molar-refractivity contribution in [3.63, 3.8) is 0 Å². The number of hydrogen-bond donors (Lipinski definition) is 2. The van der Waals surface area contributed by atoms with E-state index in [4.69, 9.17) is 9.47 Å². The van der Waals surface area contributed by atoms with Crippen LogP contribution in [-0.4, -0.2) is 37.3 Å². The second kappa shape index (κ2) is 10.5. The molecule has 1 fully saturated rings. The van der Waals surface area contributed by atoms with E-state index < -0.39 is 12.1 Å². The molecule has 2 unspecified atom stereocenters. The van der Waals surface area contributed by atoms with E-state index in [9.17, 15) is 9.59 Å². The van der Waals surface area contributed by atoms with Gasteiger partial charge in [-0.2, -0.15) is 0 Å². The number of benzene rings is 2. The van der Waals surface area contributed by atoms with Crippen LogP contribution in [-0.2, 0) is 27.3 Å². The Bertz CT molecular complexity index is 746. The highest BCUT2D eigenvalue weighted by atomic mass is 16.5. The Morgan fingerprint density at radius 1 is 1.04 bits per heavy atom. The molecule has 0 aromatic heterocycles. The maximum absolute atomic E-state index is 12.7. The molecular weight excluding hydrogens is 356 g/mol. The van der Waals surface area contributed by atoms with Crippen molar-refractivity contribution in [2.75, 3.05) is 13.2 Å². The van der Waals surface area contributed by atoms with E-state index in [1.54, 1.807) is 0 Å². The Morgan fingerprint density at radius 3 is 2.36 bits per heavy atom. The van der Waals surface area contributed by atoms with Crippen molar-refractivity contribution < 1.29 is 19.1 Å². The van der Waals surface area contributed by atoms with E-state index in [0.717, 1.165) is 30.6 Å². The number of alkyl carbamates (subject to hydrolysis) is 1. The highest BCUT2D eigenvalue weighted by Crippen LogP contribution is 2.11. The van der Waals surface area contributed by atoms with Gasteiger partial charge in [0.15, 0.2) is 0 Å². The molecule has 2 aromatic carbocycles. The van der Waals surface area contributed by atoms with Crippen molar-refractivity contribution >= 4 is 12.0 Å². The zero-order chi connectivity index (χ0) is 19.6. The Hall–Kier alpha value is -2.86. The molecule has 1 aliphatic heterocycles. The van der Waals surface area contributed by atoms with Crippen molar-refractivity contribution in [1.29, 1.82) is 0 Å². The van der Waals surface area contributed by atoms with Crippen LogP contribution in [0.15, 0.2) is 60.7 Å². The van der Waals surface area contributed by atoms with E-state index in [-0.39, 0.29) is 18.6 Å². The van der Waals surface area contributed by atoms with Crippen LogP contribution in [0.5, 0.6) is 0 Å². The molecule has 1 saturated heterocycles. The third kappa shape index (κ3) is 6.39. The number of carbonyl (C=O) groups is 2. The van der Waals surface area contributed by atoms with Gasteiger partial charge in [-0.15, -0.1) is 0 Å². The summed E-state index contributed by atoms with van der Waals surface area (Å²) in [4.78, 5) is 24.9. The van der Waals surface area contributed by atoms with Crippen molar-refractivity contribution in [1.82, 2.24) is 10.6 Å². The van der Waals surface area contributed by atoms with E-state index >= 15 is 0 Å². The monoisotopic (exact) mass is 382 g/mol. The smallest absolute Gasteiger partial charge is 0.408 e. The first-order valence-electron chi connectivity index (χ1n) is 9.61. The highest BCUT2D eigenvalue weighted by molar-refractivity contribution is 5.85. The SMILES string of the molecule is O=C(NC(Cc1ccccc1)C(=O)NCC1CCCO1)OCc1ccccc1. The molecule has 1 heterocycles. The van der Waals surface area contributed by atoms with Gasteiger partial charge in [0, 0.05) is 19.6 Å². The van der Waals surface area contributed by atoms with Gasteiger partial charge in [-0.25, -0.2) is 4.79 Å². The summed E-state index contributed by atoms with van der Waals surface area (Å²) in [5.74, 6) is -0.240. The first kappa shape index (κ1) is 19.9. The normalized spacial score (nSPS) is 16.9. The number of carbonyl (C=O) groups excluding carboxylic acids is 2. The van der Waals surface area contributed by atoms with Crippen LogP contribution in [0.3, 0.4) is 0 Å². The molecule has 2 atom stereocenters. The summed E-state index contributed by atoms with van der Waals surface area (Å²) >= 11 is 0. The van der Waals surface area contributed by atoms with Gasteiger partial charge in [-0.3, -0.25) is 4.79 Å². The first-order valence-corrected chi connectivity index (χ1v) is 9.61. The van der Waals surface area contributed by atoms with Crippen molar-refractivity contribution in [3.8, 4) is 0 Å². The zero-order valence-electron chi connectivity index (χ0n) is 15.8. The van der Waals surface area contributed by atoms with Crippen LogP contribution in [0.2, 0.25) is 0 Å². The Kier molecular flexibility index (Phi) is 7.44. The second-order valence-corrected chi connectivity index (χ2v) is 6.83. The van der Waals surface area contributed by atoms with Crippen LogP contribution >= 0.6 is 0 Å². The highest BCUT2D eigenvalue weighted by Gasteiger charge is 2.24. The third-order valence-electron chi connectivity index (χ3n) is 4.63. The van der Waals surface area contributed by atoms with Gasteiger partial charge in [0.2, 0.25) is 5.91 Å². The van der Waals surface area contributed by atoms with Gasteiger partial charge in [0.1, 0.15) is 12.6 Å². The minimum Gasteiger partial charge on any atom is -0.445 e. The fourth-order valence-electron chi connectivity index (χ4n) is 3.11. The van der Waals surface area contributed by atoms with Gasteiger partial charge in [-0.05, 0) is 24.0 Å². The summed E-state index contributed by atoms with van der Waals surface area (Å²) in [5, 5.41) is 5.59. The van der Waals surface area contributed by atoms with Crippen LogP contribution in [0.25, 0.3) is 0 Å². The van der Waals surface area contributed by atoms with Gasteiger partial charge >= 0.3 is 6.09 Å². The summed E-state index contributed by atoms with van der Waals surface area (Å²) in [6.07, 6.45) is 1.77. The zero-order valence-corrected chi connectivity index (χ0v) is 15.8. The van der Waals surface area contributed by atoms with Gasteiger partial charge in [0.05, 0.1) is 6.10 Å². The molecule has 6 heteroatoms. The van der Waals surface area contributed by atoms with E-state index in [1.807, 2.05) is 60.7 Å². The fraction of sp³-hybridized carbons (Fsp3) is 0.364. The minimum atomic E-state index is -0.716. The molecule has 0 saturated carbocycles. The maximum atomic E-state index is 12.7. The summed E-state index contributed by atoms with van der Waals surface area (Å²) in [7, 11) is 0. The number of rotatable bonds is 8. The lowest BCUT2D eigenvalue weighted by Crippen LogP contribution is -2.49. The molecule has 3 rings (SSSR count).